The van der Waals surface area contributed by atoms with E-state index in [-0.39, 0.29) is 33.8 Å². The fourth-order valence-electron chi connectivity index (χ4n) is 13.0. The highest BCUT2D eigenvalue weighted by Gasteiger charge is 2.48. The van der Waals surface area contributed by atoms with Crippen LogP contribution in [0.25, 0.3) is 38.8 Å². The number of para-hydroxylation sites is 1. The van der Waals surface area contributed by atoms with Gasteiger partial charge in [0.1, 0.15) is 0 Å². The summed E-state index contributed by atoms with van der Waals surface area (Å²) >= 11 is 0. The molecule has 8 aromatic carbocycles. The molecule has 4 heteroatoms. The Bertz CT molecular complexity index is 3750. The topological polar surface area (TPSA) is 11.4 Å². The number of aryl methyl sites for hydroxylation is 2. The first kappa shape index (κ1) is 48.9. The van der Waals surface area contributed by atoms with Gasteiger partial charge in [-0.1, -0.05) is 206 Å². The minimum atomic E-state index is -0.222. The van der Waals surface area contributed by atoms with Gasteiger partial charge in [-0.05, 0) is 150 Å². The zero-order valence-corrected chi connectivity index (χ0v) is 47.4. The molecule has 0 spiro atoms. The van der Waals surface area contributed by atoms with Gasteiger partial charge in [-0.3, -0.25) is 0 Å². The second-order valence-electron chi connectivity index (χ2n) is 26.8. The quantitative estimate of drug-likeness (QED) is 0.159. The van der Waals surface area contributed by atoms with Gasteiger partial charge in [0, 0.05) is 67.3 Å². The molecular formula is C71H74BN3. The summed E-state index contributed by atoms with van der Waals surface area (Å²) < 4.78 is 2.72. The molecule has 0 atom stereocenters. The van der Waals surface area contributed by atoms with Crippen molar-refractivity contribution in [1.82, 2.24) is 4.57 Å². The Balaban J connectivity index is 1.22. The summed E-state index contributed by atoms with van der Waals surface area (Å²) in [7, 11) is 0. The number of hydrogen-bond acceptors (Lipinski definition) is 2. The van der Waals surface area contributed by atoms with E-state index in [0.717, 1.165) is 5.69 Å². The van der Waals surface area contributed by atoms with Crippen LogP contribution in [0.3, 0.4) is 0 Å². The van der Waals surface area contributed by atoms with E-state index in [9.17, 15) is 0 Å². The Labute approximate surface area is 448 Å². The predicted molar refractivity (Wildman–Crippen MR) is 325 cm³/mol. The van der Waals surface area contributed by atoms with E-state index < -0.39 is 0 Å². The van der Waals surface area contributed by atoms with Crippen LogP contribution in [0.15, 0.2) is 158 Å². The first-order chi connectivity index (χ1) is 35.3. The van der Waals surface area contributed by atoms with Gasteiger partial charge in [-0.15, -0.1) is 0 Å². The number of hydrogen-bond donors (Lipinski definition) is 0. The summed E-state index contributed by atoms with van der Waals surface area (Å²) in [6.45, 7) is 37.5. The highest BCUT2D eigenvalue weighted by Crippen LogP contribution is 2.56. The number of fused-ring (bicyclic) bond motifs is 9. The third-order valence-corrected chi connectivity index (χ3v) is 17.2. The number of benzene rings is 8. The van der Waals surface area contributed by atoms with Crippen LogP contribution < -0.4 is 26.2 Å². The predicted octanol–water partition coefficient (Wildman–Crippen LogP) is 17.5. The van der Waals surface area contributed by atoms with Crippen LogP contribution >= 0.6 is 0 Å². The van der Waals surface area contributed by atoms with Crippen molar-refractivity contribution in [2.45, 2.75) is 138 Å². The number of aromatic nitrogens is 1. The van der Waals surface area contributed by atoms with Crippen LogP contribution in [-0.2, 0) is 27.1 Å². The number of nitrogens with zero attached hydrogens (tertiary/aromatic N) is 3. The van der Waals surface area contributed by atoms with E-state index in [1.165, 1.54) is 128 Å². The molecule has 12 rings (SSSR count). The maximum absolute atomic E-state index is 2.72. The molecule has 3 heterocycles. The third-order valence-electron chi connectivity index (χ3n) is 17.2. The second kappa shape index (κ2) is 16.5. The summed E-state index contributed by atoms with van der Waals surface area (Å²) in [6, 6.07) is 61.6. The van der Waals surface area contributed by atoms with E-state index >= 15 is 0 Å². The molecule has 376 valence electrons. The summed E-state index contributed by atoms with van der Waals surface area (Å²) in [6.07, 6.45) is 0. The van der Waals surface area contributed by atoms with Gasteiger partial charge in [0.05, 0.1) is 5.69 Å². The Morgan fingerprint density at radius 3 is 1.64 bits per heavy atom. The van der Waals surface area contributed by atoms with Crippen molar-refractivity contribution in [3.63, 3.8) is 0 Å². The normalized spacial score (nSPS) is 14.5. The van der Waals surface area contributed by atoms with Gasteiger partial charge in [0.15, 0.2) is 0 Å². The average Bonchev–Trinajstić information content (AvgIpc) is 4.10. The van der Waals surface area contributed by atoms with Crippen molar-refractivity contribution in [3.05, 3.63) is 202 Å². The zero-order chi connectivity index (χ0) is 53.1. The summed E-state index contributed by atoms with van der Waals surface area (Å²) in [5.74, 6) is 0. The Kier molecular flexibility index (Phi) is 10.7. The molecule has 3 nitrogen and oxygen atoms in total. The first-order valence-corrected chi connectivity index (χ1v) is 27.5. The van der Waals surface area contributed by atoms with Crippen molar-refractivity contribution >= 4 is 68.1 Å². The molecule has 0 amide bonds. The minimum Gasteiger partial charge on any atom is -0.313 e. The standard InChI is InChI=1S/C71H74BN3/c1-43-37-46(67(3,4)5)29-34-57(43)73(58-35-30-47(38-44(58)2)68(6,7)8)50-32-33-55-60(42-50)74(59-36-31-48(69(9,10)11)39-53(59)45-23-18-17-19-24-45)61-40-49(70(12,13)14)41-62-64(61)72(55)56-28-22-26-52-63-51-25-20-21-27-54(51)71(15,16)66(63)75(62)65(52)56/h17-42H,1-16H3. The molecule has 0 fully saturated rings. The number of anilines is 6. The van der Waals surface area contributed by atoms with Crippen molar-refractivity contribution in [1.29, 1.82) is 0 Å². The van der Waals surface area contributed by atoms with Crippen molar-refractivity contribution in [2.24, 2.45) is 0 Å². The van der Waals surface area contributed by atoms with Crippen LogP contribution in [0, 0.1) is 13.8 Å². The fourth-order valence-corrected chi connectivity index (χ4v) is 13.0. The molecule has 1 aromatic heterocycles. The van der Waals surface area contributed by atoms with E-state index in [0.29, 0.717) is 0 Å². The van der Waals surface area contributed by atoms with Gasteiger partial charge in [0.2, 0.25) is 0 Å². The van der Waals surface area contributed by atoms with Gasteiger partial charge in [0.25, 0.3) is 6.71 Å². The van der Waals surface area contributed by atoms with Crippen LogP contribution in [0.5, 0.6) is 0 Å². The van der Waals surface area contributed by atoms with Crippen LogP contribution in [0.1, 0.15) is 142 Å². The lowest BCUT2D eigenvalue weighted by Gasteiger charge is -2.43. The SMILES string of the molecule is Cc1cc(C(C)(C)C)ccc1N(c1ccc2c(c1)N(c1ccc(C(C)(C)C)cc1-c1ccccc1)c1cc(C(C)(C)C)cc3c1B2c1cccc2c4c(n-3c12)C(C)(C)c1ccccc1-4)c1ccc(C(C)(C)C)cc1C. The molecule has 0 N–H and O–H groups in total. The van der Waals surface area contributed by atoms with Crippen molar-refractivity contribution < 1.29 is 0 Å². The molecule has 75 heavy (non-hydrogen) atoms. The lowest BCUT2D eigenvalue weighted by molar-refractivity contribution is 0.588. The molecule has 0 unspecified atom stereocenters. The van der Waals surface area contributed by atoms with Gasteiger partial charge >= 0.3 is 0 Å². The molecule has 1 aliphatic carbocycles. The molecule has 0 saturated carbocycles. The number of rotatable bonds is 5. The van der Waals surface area contributed by atoms with Crippen LogP contribution in [-0.4, -0.2) is 11.3 Å². The highest BCUT2D eigenvalue weighted by atomic mass is 15.2. The lowest BCUT2D eigenvalue weighted by Crippen LogP contribution is -2.60. The molecular weight excluding hydrogens is 906 g/mol. The largest absolute Gasteiger partial charge is 0.313 e. The molecule has 0 saturated heterocycles. The molecule has 3 aliphatic rings. The molecule has 0 bridgehead atoms. The first-order valence-electron chi connectivity index (χ1n) is 27.5. The summed E-state index contributed by atoms with van der Waals surface area (Å²) in [5, 5.41) is 1.34. The Morgan fingerprint density at radius 2 is 1.03 bits per heavy atom. The Morgan fingerprint density at radius 1 is 0.453 bits per heavy atom. The van der Waals surface area contributed by atoms with Gasteiger partial charge in [-0.25, -0.2) is 0 Å². The maximum atomic E-state index is 2.72. The fraction of sp³-hybridized carbons (Fsp3) is 0.296. The minimum absolute atomic E-state index is 0.0167. The van der Waals surface area contributed by atoms with Gasteiger partial charge < -0.3 is 14.4 Å². The second-order valence-corrected chi connectivity index (χ2v) is 26.8. The van der Waals surface area contributed by atoms with E-state index in [4.69, 9.17) is 0 Å². The van der Waals surface area contributed by atoms with E-state index in [1.54, 1.807) is 0 Å². The van der Waals surface area contributed by atoms with Crippen molar-refractivity contribution in [3.8, 4) is 27.9 Å². The molecule has 2 aliphatic heterocycles. The maximum Gasteiger partial charge on any atom is 0.252 e. The van der Waals surface area contributed by atoms with E-state index in [1.807, 2.05) is 0 Å². The molecule has 0 radical (unpaired) electrons. The monoisotopic (exact) mass is 980 g/mol. The van der Waals surface area contributed by atoms with Crippen LogP contribution in [0.4, 0.5) is 34.1 Å². The zero-order valence-electron chi connectivity index (χ0n) is 47.4. The van der Waals surface area contributed by atoms with E-state index in [2.05, 4.69) is 283 Å². The van der Waals surface area contributed by atoms with Gasteiger partial charge in [-0.2, -0.15) is 0 Å². The lowest BCUT2D eigenvalue weighted by atomic mass is 9.33. The van der Waals surface area contributed by atoms with Crippen LogP contribution in [0.2, 0.25) is 0 Å². The summed E-state index contributed by atoms with van der Waals surface area (Å²) in [4.78, 5) is 5.22. The molecule has 9 aromatic rings. The Hall–Kier alpha value is -7.04. The smallest absolute Gasteiger partial charge is 0.252 e. The summed E-state index contributed by atoms with van der Waals surface area (Å²) in [5.41, 5.74) is 29.2. The van der Waals surface area contributed by atoms with Crippen molar-refractivity contribution in [2.75, 3.05) is 9.80 Å². The average molecular weight is 980 g/mol. The third kappa shape index (κ3) is 7.51. The highest BCUT2D eigenvalue weighted by molar-refractivity contribution is 7.00.